The van der Waals surface area contributed by atoms with E-state index in [1.165, 1.54) is 12.8 Å². The van der Waals surface area contributed by atoms with Gasteiger partial charge in [0.05, 0.1) is 0 Å². The van der Waals surface area contributed by atoms with E-state index < -0.39 is 11.8 Å². The summed E-state index contributed by atoms with van der Waals surface area (Å²) in [5, 5.41) is 5.63. The van der Waals surface area contributed by atoms with E-state index in [1.54, 1.807) is 17.0 Å². The van der Waals surface area contributed by atoms with Crippen LogP contribution in [0.2, 0.25) is 0 Å². The summed E-state index contributed by atoms with van der Waals surface area (Å²) in [5.74, 6) is -0.294. The zero-order chi connectivity index (χ0) is 20.5. The summed E-state index contributed by atoms with van der Waals surface area (Å²) in [7, 11) is 0. The fraction of sp³-hybridized carbons (Fsp3) is 0.591. The highest BCUT2D eigenvalue weighted by Crippen LogP contribution is 2.19. The number of likely N-dealkylation sites (tertiary alicyclic amines) is 1. The highest BCUT2D eigenvalue weighted by atomic mass is 16.6. The first-order chi connectivity index (χ1) is 14.1. The molecule has 1 saturated heterocycles. The molecule has 1 saturated carbocycles. The normalized spacial score (nSPS) is 18.6. The van der Waals surface area contributed by atoms with Crippen molar-refractivity contribution in [3.63, 3.8) is 0 Å². The molecule has 0 unspecified atom stereocenters. The zero-order valence-electron chi connectivity index (χ0n) is 16.9. The van der Waals surface area contributed by atoms with Gasteiger partial charge in [-0.15, -0.1) is 0 Å². The minimum atomic E-state index is -0.555. The molecule has 2 fully saturated rings. The van der Waals surface area contributed by atoms with Gasteiger partial charge in [0.15, 0.2) is 0 Å². The lowest BCUT2D eigenvalue weighted by atomic mass is 9.97. The van der Waals surface area contributed by atoms with Crippen molar-refractivity contribution in [2.45, 2.75) is 57.4 Å². The first-order valence-electron chi connectivity index (χ1n) is 10.7. The van der Waals surface area contributed by atoms with Crippen LogP contribution in [0.25, 0.3) is 0 Å². The van der Waals surface area contributed by atoms with Crippen LogP contribution in [-0.4, -0.2) is 48.5 Å². The third kappa shape index (κ3) is 6.76. The maximum atomic E-state index is 12.2. The second kappa shape index (κ2) is 10.8. The van der Waals surface area contributed by atoms with Gasteiger partial charge in [0, 0.05) is 25.7 Å². The van der Waals surface area contributed by atoms with Gasteiger partial charge in [0.2, 0.25) is 0 Å². The predicted molar refractivity (Wildman–Crippen MR) is 109 cm³/mol. The van der Waals surface area contributed by atoms with Crippen LogP contribution >= 0.6 is 0 Å². The summed E-state index contributed by atoms with van der Waals surface area (Å²) in [6.07, 6.45) is 7.74. The quantitative estimate of drug-likeness (QED) is 0.600. The number of carbonyl (C=O) groups is 3. The van der Waals surface area contributed by atoms with Gasteiger partial charge < -0.3 is 20.3 Å². The number of para-hydroxylation sites is 1. The van der Waals surface area contributed by atoms with Crippen molar-refractivity contribution in [3.05, 3.63) is 30.3 Å². The van der Waals surface area contributed by atoms with E-state index in [2.05, 4.69) is 10.6 Å². The van der Waals surface area contributed by atoms with Crippen molar-refractivity contribution in [2.75, 3.05) is 19.6 Å². The number of piperidine rings is 1. The van der Waals surface area contributed by atoms with Crippen LogP contribution in [0.5, 0.6) is 5.75 Å². The number of rotatable bonds is 4. The topological polar surface area (TPSA) is 87.7 Å². The van der Waals surface area contributed by atoms with Crippen molar-refractivity contribution in [2.24, 2.45) is 5.92 Å². The SMILES string of the molecule is O=C(NCC1CCN(C(=O)Oc2ccccc2)CC1)C(=O)NC1CCCCCC1. The predicted octanol–water partition coefficient (Wildman–Crippen LogP) is 2.85. The summed E-state index contributed by atoms with van der Waals surface area (Å²) in [6, 6.07) is 9.14. The molecule has 0 spiro atoms. The Labute approximate surface area is 172 Å². The maximum Gasteiger partial charge on any atom is 0.415 e. The van der Waals surface area contributed by atoms with Crippen molar-refractivity contribution in [3.8, 4) is 5.75 Å². The van der Waals surface area contributed by atoms with Gasteiger partial charge in [0.25, 0.3) is 0 Å². The molecular formula is C22H31N3O4. The van der Waals surface area contributed by atoms with Crippen LogP contribution in [0, 0.1) is 5.92 Å². The van der Waals surface area contributed by atoms with E-state index in [1.807, 2.05) is 18.2 Å². The molecule has 2 N–H and O–H groups in total. The van der Waals surface area contributed by atoms with E-state index in [0.29, 0.717) is 25.4 Å². The number of nitrogens with one attached hydrogen (secondary N) is 2. The molecule has 2 aliphatic rings. The smallest absolute Gasteiger partial charge is 0.410 e. The molecule has 29 heavy (non-hydrogen) atoms. The Balaban J connectivity index is 1.34. The average Bonchev–Trinajstić information content (AvgIpc) is 3.01. The second-order valence-electron chi connectivity index (χ2n) is 7.98. The number of nitrogens with zero attached hydrogens (tertiary/aromatic N) is 1. The third-order valence-electron chi connectivity index (χ3n) is 5.77. The van der Waals surface area contributed by atoms with Crippen molar-refractivity contribution < 1.29 is 19.1 Å². The van der Waals surface area contributed by atoms with E-state index >= 15 is 0 Å². The lowest BCUT2D eigenvalue weighted by Crippen LogP contribution is -2.47. The van der Waals surface area contributed by atoms with Crippen LogP contribution in [-0.2, 0) is 9.59 Å². The largest absolute Gasteiger partial charge is 0.415 e. The average molecular weight is 402 g/mol. The summed E-state index contributed by atoms with van der Waals surface area (Å²) >= 11 is 0. The first-order valence-corrected chi connectivity index (χ1v) is 10.7. The molecule has 0 bridgehead atoms. The van der Waals surface area contributed by atoms with Gasteiger partial charge in [-0.1, -0.05) is 43.9 Å². The Bertz CT molecular complexity index is 679. The first kappa shape index (κ1) is 21.1. The molecule has 3 amide bonds. The van der Waals surface area contributed by atoms with Crippen molar-refractivity contribution in [1.82, 2.24) is 15.5 Å². The van der Waals surface area contributed by atoms with Crippen molar-refractivity contribution >= 4 is 17.9 Å². The van der Waals surface area contributed by atoms with Gasteiger partial charge in [-0.3, -0.25) is 9.59 Å². The van der Waals surface area contributed by atoms with Crippen molar-refractivity contribution in [1.29, 1.82) is 0 Å². The zero-order valence-corrected chi connectivity index (χ0v) is 16.9. The maximum absolute atomic E-state index is 12.2. The molecule has 0 aromatic heterocycles. The molecule has 158 valence electrons. The number of ether oxygens (including phenoxy) is 1. The Kier molecular flexibility index (Phi) is 7.90. The van der Waals surface area contributed by atoms with E-state index in [9.17, 15) is 14.4 Å². The van der Waals surface area contributed by atoms with Gasteiger partial charge >= 0.3 is 17.9 Å². The van der Waals surface area contributed by atoms with Crippen LogP contribution in [0.3, 0.4) is 0 Å². The minimum absolute atomic E-state index is 0.120. The summed E-state index contributed by atoms with van der Waals surface area (Å²) in [6.45, 7) is 1.62. The Morgan fingerprint density at radius 3 is 2.21 bits per heavy atom. The Hall–Kier alpha value is -2.57. The fourth-order valence-electron chi connectivity index (χ4n) is 3.97. The number of hydrogen-bond acceptors (Lipinski definition) is 4. The number of amides is 3. The monoisotopic (exact) mass is 401 g/mol. The van der Waals surface area contributed by atoms with Gasteiger partial charge in [-0.2, -0.15) is 0 Å². The molecule has 1 aliphatic heterocycles. The summed E-state index contributed by atoms with van der Waals surface area (Å²) < 4.78 is 5.36. The van der Waals surface area contributed by atoms with E-state index in [4.69, 9.17) is 4.74 Å². The standard InChI is InChI=1S/C22H31N3O4/c26-20(21(27)24-18-8-4-1-2-5-9-18)23-16-17-12-14-25(15-13-17)22(28)29-19-10-6-3-7-11-19/h3,6-7,10-11,17-18H,1-2,4-5,8-9,12-16H2,(H,23,26)(H,24,27). The summed E-state index contributed by atoms with van der Waals surface area (Å²) in [5.41, 5.74) is 0. The second-order valence-corrected chi connectivity index (χ2v) is 7.98. The highest BCUT2D eigenvalue weighted by molar-refractivity contribution is 6.35. The highest BCUT2D eigenvalue weighted by Gasteiger charge is 2.26. The molecular weight excluding hydrogens is 370 g/mol. The van der Waals surface area contributed by atoms with Crippen LogP contribution in [0.15, 0.2) is 30.3 Å². The molecule has 1 heterocycles. The molecule has 1 aromatic rings. The number of benzene rings is 1. The molecule has 1 aromatic carbocycles. The van der Waals surface area contributed by atoms with Crippen LogP contribution in [0.1, 0.15) is 51.4 Å². The van der Waals surface area contributed by atoms with Crippen LogP contribution < -0.4 is 15.4 Å². The lowest BCUT2D eigenvalue weighted by Gasteiger charge is -2.31. The fourth-order valence-corrected chi connectivity index (χ4v) is 3.97. The van der Waals surface area contributed by atoms with E-state index in [-0.39, 0.29) is 18.1 Å². The lowest BCUT2D eigenvalue weighted by molar-refractivity contribution is -0.139. The van der Waals surface area contributed by atoms with Gasteiger partial charge in [-0.25, -0.2) is 4.79 Å². The third-order valence-corrected chi connectivity index (χ3v) is 5.77. The number of hydrogen-bond donors (Lipinski definition) is 2. The molecule has 0 atom stereocenters. The Morgan fingerprint density at radius 1 is 0.897 bits per heavy atom. The summed E-state index contributed by atoms with van der Waals surface area (Å²) in [4.78, 5) is 38.1. The molecule has 1 aliphatic carbocycles. The number of carbonyl (C=O) groups excluding carboxylic acids is 3. The molecule has 0 radical (unpaired) electrons. The molecule has 7 nitrogen and oxygen atoms in total. The van der Waals surface area contributed by atoms with Gasteiger partial charge in [-0.05, 0) is 43.7 Å². The Morgan fingerprint density at radius 2 is 1.55 bits per heavy atom. The molecule has 7 heteroatoms. The molecule has 3 rings (SSSR count). The van der Waals surface area contributed by atoms with Crippen LogP contribution in [0.4, 0.5) is 4.79 Å². The minimum Gasteiger partial charge on any atom is -0.410 e. The van der Waals surface area contributed by atoms with E-state index in [0.717, 1.165) is 38.5 Å². The van der Waals surface area contributed by atoms with Gasteiger partial charge in [0.1, 0.15) is 5.75 Å².